The highest BCUT2D eigenvalue weighted by Crippen LogP contribution is 2.07. The van der Waals surface area contributed by atoms with E-state index in [1.807, 2.05) is 0 Å². The van der Waals surface area contributed by atoms with E-state index in [9.17, 15) is 5.11 Å². The van der Waals surface area contributed by atoms with Crippen molar-refractivity contribution in [3.05, 3.63) is 0 Å². The minimum Gasteiger partial charge on any atom is -0.388 e. The molecule has 0 aromatic rings. The fraction of sp³-hybridized carbons (Fsp3) is 1.00. The quantitative estimate of drug-likeness (QED) is 0.626. The topological polar surface area (TPSA) is 41.5 Å². The van der Waals surface area contributed by atoms with Crippen LogP contribution in [-0.2, 0) is 4.74 Å². The maximum Gasteiger partial charge on any atom is 0.0864 e. The van der Waals surface area contributed by atoms with E-state index in [1.54, 1.807) is 14.0 Å². The third-order valence-corrected chi connectivity index (χ3v) is 1.67. The molecular weight excluding hydrogens is 154 g/mol. The van der Waals surface area contributed by atoms with Gasteiger partial charge in [0.15, 0.2) is 0 Å². The van der Waals surface area contributed by atoms with Gasteiger partial charge in [-0.25, -0.2) is 0 Å². The lowest BCUT2D eigenvalue weighted by atomic mass is 10.0. The van der Waals surface area contributed by atoms with E-state index in [1.165, 1.54) is 0 Å². The van der Waals surface area contributed by atoms with Crippen molar-refractivity contribution in [2.24, 2.45) is 0 Å². The van der Waals surface area contributed by atoms with Crippen LogP contribution in [0.5, 0.6) is 0 Å². The summed E-state index contributed by atoms with van der Waals surface area (Å²) in [6.07, 6.45) is 0.721. The SMILES string of the molecule is COCC(C)(O)CCNC(C)C. The summed E-state index contributed by atoms with van der Waals surface area (Å²) >= 11 is 0. The maximum absolute atomic E-state index is 9.66. The van der Waals surface area contributed by atoms with E-state index in [-0.39, 0.29) is 0 Å². The van der Waals surface area contributed by atoms with Crippen molar-refractivity contribution in [3.8, 4) is 0 Å². The van der Waals surface area contributed by atoms with Crippen LogP contribution in [0.25, 0.3) is 0 Å². The Labute approximate surface area is 75.1 Å². The van der Waals surface area contributed by atoms with Gasteiger partial charge in [0, 0.05) is 13.2 Å². The molecule has 12 heavy (non-hydrogen) atoms. The highest BCUT2D eigenvalue weighted by molar-refractivity contribution is 4.73. The normalized spacial score (nSPS) is 16.5. The van der Waals surface area contributed by atoms with Gasteiger partial charge in [0.1, 0.15) is 0 Å². The minimum atomic E-state index is -0.698. The molecule has 0 aliphatic heterocycles. The van der Waals surface area contributed by atoms with Crippen LogP contribution in [0.3, 0.4) is 0 Å². The molecular formula is C9H21NO2. The number of nitrogens with one attached hydrogen (secondary N) is 1. The average Bonchev–Trinajstić information content (AvgIpc) is 1.85. The van der Waals surface area contributed by atoms with Crippen LogP contribution < -0.4 is 5.32 Å². The van der Waals surface area contributed by atoms with Gasteiger partial charge >= 0.3 is 0 Å². The first-order valence-electron chi connectivity index (χ1n) is 4.42. The molecule has 3 heteroatoms. The Bertz CT molecular complexity index is 113. The molecule has 0 aromatic carbocycles. The number of ether oxygens (including phenoxy) is 1. The number of rotatable bonds is 6. The van der Waals surface area contributed by atoms with Crippen LogP contribution in [0.2, 0.25) is 0 Å². The predicted octanol–water partition coefficient (Wildman–Crippen LogP) is 0.772. The summed E-state index contributed by atoms with van der Waals surface area (Å²) in [7, 11) is 1.60. The maximum atomic E-state index is 9.66. The van der Waals surface area contributed by atoms with Crippen molar-refractivity contribution in [3.63, 3.8) is 0 Å². The van der Waals surface area contributed by atoms with E-state index in [2.05, 4.69) is 19.2 Å². The van der Waals surface area contributed by atoms with Crippen LogP contribution in [0, 0.1) is 0 Å². The van der Waals surface area contributed by atoms with Crippen LogP contribution in [-0.4, -0.2) is 37.0 Å². The molecule has 0 bridgehead atoms. The second-order valence-electron chi connectivity index (χ2n) is 3.79. The highest BCUT2D eigenvalue weighted by atomic mass is 16.5. The molecule has 0 spiro atoms. The Balaban J connectivity index is 3.46. The lowest BCUT2D eigenvalue weighted by molar-refractivity contribution is -0.0223. The lowest BCUT2D eigenvalue weighted by Crippen LogP contribution is -2.36. The van der Waals surface area contributed by atoms with Crippen molar-refractivity contribution < 1.29 is 9.84 Å². The Morgan fingerprint density at radius 1 is 1.50 bits per heavy atom. The molecule has 0 saturated heterocycles. The third kappa shape index (κ3) is 6.58. The van der Waals surface area contributed by atoms with Crippen molar-refractivity contribution >= 4 is 0 Å². The zero-order valence-corrected chi connectivity index (χ0v) is 8.55. The smallest absolute Gasteiger partial charge is 0.0864 e. The second kappa shape index (κ2) is 5.51. The minimum absolute atomic E-state index is 0.396. The number of hydrogen-bond donors (Lipinski definition) is 2. The summed E-state index contributed by atoms with van der Waals surface area (Å²) in [4.78, 5) is 0. The molecule has 0 aliphatic rings. The zero-order valence-electron chi connectivity index (χ0n) is 8.55. The zero-order chi connectivity index (χ0) is 9.61. The second-order valence-corrected chi connectivity index (χ2v) is 3.79. The van der Waals surface area contributed by atoms with Crippen LogP contribution in [0.15, 0.2) is 0 Å². The summed E-state index contributed by atoms with van der Waals surface area (Å²) in [5.41, 5.74) is -0.698. The molecule has 0 rings (SSSR count). The Hall–Kier alpha value is -0.120. The third-order valence-electron chi connectivity index (χ3n) is 1.67. The summed E-state index contributed by atoms with van der Waals surface area (Å²) in [5.74, 6) is 0. The first kappa shape index (κ1) is 11.9. The Kier molecular flexibility index (Phi) is 5.46. The van der Waals surface area contributed by atoms with Gasteiger partial charge in [-0.2, -0.15) is 0 Å². The predicted molar refractivity (Wildman–Crippen MR) is 50.3 cm³/mol. The van der Waals surface area contributed by atoms with Gasteiger partial charge in [-0.05, 0) is 19.9 Å². The summed E-state index contributed by atoms with van der Waals surface area (Å²) < 4.78 is 4.89. The van der Waals surface area contributed by atoms with E-state index in [0.717, 1.165) is 13.0 Å². The summed E-state index contributed by atoms with van der Waals surface area (Å²) in [5, 5.41) is 12.9. The molecule has 0 aliphatic carbocycles. The van der Waals surface area contributed by atoms with E-state index >= 15 is 0 Å². The summed E-state index contributed by atoms with van der Waals surface area (Å²) in [6, 6.07) is 0.475. The van der Waals surface area contributed by atoms with Gasteiger partial charge in [-0.1, -0.05) is 13.8 Å². The van der Waals surface area contributed by atoms with Crippen molar-refractivity contribution in [2.75, 3.05) is 20.3 Å². The lowest BCUT2D eigenvalue weighted by Gasteiger charge is -2.22. The van der Waals surface area contributed by atoms with Crippen LogP contribution >= 0.6 is 0 Å². The Morgan fingerprint density at radius 2 is 2.08 bits per heavy atom. The van der Waals surface area contributed by atoms with Gasteiger partial charge < -0.3 is 15.2 Å². The average molecular weight is 175 g/mol. The van der Waals surface area contributed by atoms with Crippen molar-refractivity contribution in [2.45, 2.75) is 38.8 Å². The molecule has 3 nitrogen and oxygen atoms in total. The van der Waals surface area contributed by atoms with Gasteiger partial charge in [0.2, 0.25) is 0 Å². The molecule has 0 radical (unpaired) electrons. The standard InChI is InChI=1S/C9H21NO2/c1-8(2)10-6-5-9(3,11)7-12-4/h8,10-11H,5-7H2,1-4H3. The van der Waals surface area contributed by atoms with Crippen molar-refractivity contribution in [1.82, 2.24) is 5.32 Å². The van der Waals surface area contributed by atoms with E-state index in [4.69, 9.17) is 4.74 Å². The van der Waals surface area contributed by atoms with Crippen LogP contribution in [0.4, 0.5) is 0 Å². The van der Waals surface area contributed by atoms with Gasteiger partial charge in [-0.3, -0.25) is 0 Å². The van der Waals surface area contributed by atoms with E-state index in [0.29, 0.717) is 12.6 Å². The first-order valence-corrected chi connectivity index (χ1v) is 4.42. The molecule has 1 atom stereocenters. The van der Waals surface area contributed by atoms with Crippen molar-refractivity contribution in [1.29, 1.82) is 0 Å². The molecule has 74 valence electrons. The summed E-state index contributed by atoms with van der Waals surface area (Å²) in [6.45, 7) is 7.19. The van der Waals surface area contributed by atoms with E-state index < -0.39 is 5.60 Å². The molecule has 0 saturated carbocycles. The molecule has 0 amide bonds. The monoisotopic (exact) mass is 175 g/mol. The fourth-order valence-corrected chi connectivity index (χ4v) is 1.01. The van der Waals surface area contributed by atoms with Gasteiger partial charge in [-0.15, -0.1) is 0 Å². The highest BCUT2D eigenvalue weighted by Gasteiger charge is 2.19. The number of methoxy groups -OCH3 is 1. The van der Waals surface area contributed by atoms with Gasteiger partial charge in [0.05, 0.1) is 12.2 Å². The molecule has 0 heterocycles. The molecule has 1 unspecified atom stereocenters. The molecule has 0 aromatic heterocycles. The largest absolute Gasteiger partial charge is 0.388 e. The Morgan fingerprint density at radius 3 is 2.50 bits per heavy atom. The molecule has 0 fully saturated rings. The number of hydrogen-bond acceptors (Lipinski definition) is 3. The first-order chi connectivity index (χ1) is 5.48. The number of aliphatic hydroxyl groups is 1. The van der Waals surface area contributed by atoms with Crippen LogP contribution in [0.1, 0.15) is 27.2 Å². The fourth-order valence-electron chi connectivity index (χ4n) is 1.01. The van der Waals surface area contributed by atoms with Gasteiger partial charge in [0.25, 0.3) is 0 Å². The molecule has 2 N–H and O–H groups in total.